The molecule has 0 amide bonds. The molecule has 2 atom stereocenters. The number of rotatable bonds is 6. The molecule has 2 unspecified atom stereocenters. The second-order valence-electron chi connectivity index (χ2n) is 6.88. The van der Waals surface area contributed by atoms with Crippen molar-refractivity contribution in [3.63, 3.8) is 0 Å². The molecule has 0 saturated carbocycles. The molecule has 1 aromatic carbocycles. The number of hydrogen-bond acceptors (Lipinski definition) is 2. The van der Waals surface area contributed by atoms with Gasteiger partial charge < -0.3 is 10.1 Å². The first-order valence-electron chi connectivity index (χ1n) is 7.75. The van der Waals surface area contributed by atoms with Gasteiger partial charge in [0.2, 0.25) is 0 Å². The van der Waals surface area contributed by atoms with Crippen molar-refractivity contribution in [3.8, 4) is 5.75 Å². The van der Waals surface area contributed by atoms with Gasteiger partial charge in [-0.05, 0) is 49.8 Å². The van der Waals surface area contributed by atoms with Crippen LogP contribution in [0.2, 0.25) is 0 Å². The molecule has 0 aromatic heterocycles. The smallest absolute Gasteiger partial charge is 0.122 e. The van der Waals surface area contributed by atoms with E-state index >= 15 is 0 Å². The maximum Gasteiger partial charge on any atom is 0.122 e. The Balaban J connectivity index is 2.64. The fourth-order valence-corrected chi connectivity index (χ4v) is 2.02. The highest BCUT2D eigenvalue weighted by Gasteiger charge is 2.15. The molecule has 0 aliphatic heterocycles. The molecule has 0 heterocycles. The van der Waals surface area contributed by atoms with Crippen molar-refractivity contribution in [2.75, 3.05) is 6.54 Å². The van der Waals surface area contributed by atoms with Crippen LogP contribution in [0.5, 0.6) is 5.75 Å². The Morgan fingerprint density at radius 2 is 1.85 bits per heavy atom. The van der Waals surface area contributed by atoms with Gasteiger partial charge in [0.05, 0.1) is 0 Å². The van der Waals surface area contributed by atoms with Crippen LogP contribution in [-0.2, 0) is 5.41 Å². The Kier molecular flexibility index (Phi) is 6.07. The normalized spacial score (nSPS) is 14.9. The Labute approximate surface area is 124 Å². The minimum absolute atomic E-state index is 0.184. The van der Waals surface area contributed by atoms with E-state index in [1.54, 1.807) is 0 Å². The Bertz CT molecular complexity index is 420. The molecule has 0 aliphatic rings. The molecule has 20 heavy (non-hydrogen) atoms. The van der Waals surface area contributed by atoms with E-state index in [9.17, 15) is 0 Å². The fraction of sp³-hybridized carbons (Fsp3) is 0.667. The zero-order valence-corrected chi connectivity index (χ0v) is 14.2. The lowest BCUT2D eigenvalue weighted by Gasteiger charge is -2.23. The first-order chi connectivity index (χ1) is 9.24. The predicted octanol–water partition coefficient (Wildman–Crippen LogP) is 4.45. The third-order valence-electron chi connectivity index (χ3n) is 3.74. The van der Waals surface area contributed by atoms with Gasteiger partial charge in [0.1, 0.15) is 11.9 Å². The second kappa shape index (κ2) is 7.12. The van der Waals surface area contributed by atoms with Gasteiger partial charge in [-0.1, -0.05) is 39.8 Å². The molecule has 2 heteroatoms. The lowest BCUT2D eigenvalue weighted by Crippen LogP contribution is -2.34. The molecule has 0 bridgehead atoms. The topological polar surface area (TPSA) is 21.3 Å². The fourth-order valence-electron chi connectivity index (χ4n) is 2.02. The van der Waals surface area contributed by atoms with Crippen molar-refractivity contribution >= 4 is 0 Å². The van der Waals surface area contributed by atoms with Crippen LogP contribution in [0.25, 0.3) is 0 Å². The summed E-state index contributed by atoms with van der Waals surface area (Å²) in [5.74, 6) is 0.997. The van der Waals surface area contributed by atoms with Crippen LogP contribution in [0, 0.1) is 6.92 Å². The van der Waals surface area contributed by atoms with E-state index in [2.05, 4.69) is 72.0 Å². The van der Waals surface area contributed by atoms with Crippen LogP contribution in [0.15, 0.2) is 18.2 Å². The first kappa shape index (κ1) is 17.0. The van der Waals surface area contributed by atoms with Crippen molar-refractivity contribution in [3.05, 3.63) is 29.3 Å². The molecule has 2 nitrogen and oxygen atoms in total. The van der Waals surface area contributed by atoms with E-state index in [0.717, 1.165) is 18.7 Å². The van der Waals surface area contributed by atoms with Gasteiger partial charge in [-0.15, -0.1) is 0 Å². The number of aryl methyl sites for hydroxylation is 1. The summed E-state index contributed by atoms with van der Waals surface area (Å²) in [5, 5.41) is 3.48. The Morgan fingerprint density at radius 3 is 2.35 bits per heavy atom. The first-order valence-corrected chi connectivity index (χ1v) is 7.75. The molecular formula is C18H31NO. The number of benzene rings is 1. The summed E-state index contributed by atoms with van der Waals surface area (Å²) in [6.45, 7) is 16.2. The molecule has 0 saturated heterocycles. The van der Waals surface area contributed by atoms with Crippen LogP contribution in [0.4, 0.5) is 0 Å². The van der Waals surface area contributed by atoms with Gasteiger partial charge in [0.25, 0.3) is 0 Å². The molecule has 0 fully saturated rings. The van der Waals surface area contributed by atoms with E-state index < -0.39 is 0 Å². The van der Waals surface area contributed by atoms with Gasteiger partial charge in [0.15, 0.2) is 0 Å². The lowest BCUT2D eigenvalue weighted by atomic mass is 9.86. The molecule has 1 rings (SSSR count). The van der Waals surface area contributed by atoms with E-state index in [4.69, 9.17) is 4.74 Å². The van der Waals surface area contributed by atoms with Crippen molar-refractivity contribution in [1.29, 1.82) is 0 Å². The Hall–Kier alpha value is -1.02. The van der Waals surface area contributed by atoms with E-state index in [1.165, 1.54) is 11.1 Å². The maximum atomic E-state index is 6.05. The Morgan fingerprint density at radius 1 is 1.20 bits per heavy atom. The van der Waals surface area contributed by atoms with E-state index in [1.807, 2.05) is 0 Å². The monoisotopic (exact) mass is 277 g/mol. The minimum atomic E-state index is 0.184. The summed E-state index contributed by atoms with van der Waals surface area (Å²) in [6.07, 6.45) is 1.33. The molecule has 1 N–H and O–H groups in total. The van der Waals surface area contributed by atoms with Crippen molar-refractivity contribution < 1.29 is 4.74 Å². The second-order valence-corrected chi connectivity index (χ2v) is 6.88. The van der Waals surface area contributed by atoms with Crippen molar-refractivity contribution in [2.24, 2.45) is 0 Å². The molecule has 0 radical (unpaired) electrons. The van der Waals surface area contributed by atoms with Gasteiger partial charge >= 0.3 is 0 Å². The van der Waals surface area contributed by atoms with Gasteiger partial charge in [-0.25, -0.2) is 0 Å². The minimum Gasteiger partial charge on any atom is -0.489 e. The summed E-state index contributed by atoms with van der Waals surface area (Å²) in [4.78, 5) is 0. The van der Waals surface area contributed by atoms with Gasteiger partial charge in [-0.2, -0.15) is 0 Å². The van der Waals surface area contributed by atoms with E-state index in [0.29, 0.717) is 6.04 Å². The summed E-state index contributed by atoms with van der Waals surface area (Å²) in [5.41, 5.74) is 2.76. The number of hydrogen-bond donors (Lipinski definition) is 1. The standard InChI is InChI=1S/C18H31NO/c1-8-14(3)19-12-15(4)20-17-10-9-16(11-13(17)2)18(5,6)7/h9-11,14-15,19H,8,12H2,1-7H3. The SMILES string of the molecule is CCC(C)NCC(C)Oc1ccc(C(C)(C)C)cc1C. The third kappa shape index (κ3) is 5.16. The quantitative estimate of drug-likeness (QED) is 0.829. The summed E-state index contributed by atoms with van der Waals surface area (Å²) in [6, 6.07) is 7.07. The highest BCUT2D eigenvalue weighted by Crippen LogP contribution is 2.27. The zero-order valence-electron chi connectivity index (χ0n) is 14.2. The van der Waals surface area contributed by atoms with Crippen molar-refractivity contribution in [1.82, 2.24) is 5.32 Å². The van der Waals surface area contributed by atoms with Crippen LogP contribution in [0.1, 0.15) is 59.1 Å². The highest BCUT2D eigenvalue weighted by atomic mass is 16.5. The molecule has 1 aromatic rings. The highest BCUT2D eigenvalue weighted by molar-refractivity contribution is 5.38. The summed E-state index contributed by atoms with van der Waals surface area (Å²) < 4.78 is 6.05. The summed E-state index contributed by atoms with van der Waals surface area (Å²) >= 11 is 0. The third-order valence-corrected chi connectivity index (χ3v) is 3.74. The average Bonchev–Trinajstić information content (AvgIpc) is 2.37. The van der Waals surface area contributed by atoms with Crippen LogP contribution in [0.3, 0.4) is 0 Å². The number of nitrogens with one attached hydrogen (secondary N) is 1. The lowest BCUT2D eigenvalue weighted by molar-refractivity contribution is 0.210. The number of ether oxygens (including phenoxy) is 1. The predicted molar refractivity (Wildman–Crippen MR) is 87.7 cm³/mol. The van der Waals surface area contributed by atoms with Crippen LogP contribution >= 0.6 is 0 Å². The van der Waals surface area contributed by atoms with Gasteiger partial charge in [-0.3, -0.25) is 0 Å². The molecule has 0 aliphatic carbocycles. The maximum absolute atomic E-state index is 6.05. The van der Waals surface area contributed by atoms with Crippen LogP contribution < -0.4 is 10.1 Å². The average molecular weight is 277 g/mol. The molecular weight excluding hydrogens is 246 g/mol. The zero-order chi connectivity index (χ0) is 15.3. The summed E-state index contributed by atoms with van der Waals surface area (Å²) in [7, 11) is 0. The van der Waals surface area contributed by atoms with Crippen LogP contribution in [-0.4, -0.2) is 18.7 Å². The van der Waals surface area contributed by atoms with Crippen molar-refractivity contribution in [2.45, 2.75) is 72.4 Å². The molecule has 114 valence electrons. The van der Waals surface area contributed by atoms with E-state index in [-0.39, 0.29) is 11.5 Å². The van der Waals surface area contributed by atoms with Gasteiger partial charge in [0, 0.05) is 12.6 Å². The largest absolute Gasteiger partial charge is 0.489 e. The molecule has 0 spiro atoms.